The molecular weight excluding hydrogens is 356 g/mol. The minimum Gasteiger partial charge on any atom is -0.354 e. The van der Waals surface area contributed by atoms with E-state index in [4.69, 9.17) is 0 Å². The number of nitrogens with one attached hydrogen (secondary N) is 1. The highest BCUT2D eigenvalue weighted by atomic mass is 32.1. The summed E-state index contributed by atoms with van der Waals surface area (Å²) in [4.78, 5) is 23.4. The zero-order valence-corrected chi connectivity index (χ0v) is 16.7. The standard InChI is InChI=1S/C21H24N4OS/c1-15-5-4-6-17(13-15)19(25(2)3)20(26)23-12-9-18-14-27-21(24-18)16-7-10-22-11-8-16/h4-8,10-11,13-14,19H,9,12H2,1-3H3,(H,23,26)/t19-/m0/s1. The summed E-state index contributed by atoms with van der Waals surface area (Å²) in [6.07, 6.45) is 4.24. The molecule has 0 saturated carbocycles. The minimum absolute atomic E-state index is 0.00943. The lowest BCUT2D eigenvalue weighted by Crippen LogP contribution is -2.38. The van der Waals surface area contributed by atoms with E-state index in [2.05, 4.69) is 21.4 Å². The van der Waals surface area contributed by atoms with Crippen molar-refractivity contribution < 1.29 is 4.79 Å². The molecule has 1 amide bonds. The first-order valence-electron chi connectivity index (χ1n) is 8.90. The van der Waals surface area contributed by atoms with Crippen LogP contribution >= 0.6 is 11.3 Å². The van der Waals surface area contributed by atoms with Crippen molar-refractivity contribution in [2.24, 2.45) is 0 Å². The number of rotatable bonds is 7. The molecule has 0 aliphatic rings. The molecule has 1 aromatic carbocycles. The normalized spacial score (nSPS) is 12.1. The van der Waals surface area contributed by atoms with E-state index < -0.39 is 0 Å². The Morgan fingerprint density at radius 3 is 2.70 bits per heavy atom. The average Bonchev–Trinajstić information content (AvgIpc) is 3.11. The summed E-state index contributed by atoms with van der Waals surface area (Å²) < 4.78 is 0. The van der Waals surface area contributed by atoms with E-state index in [9.17, 15) is 4.79 Å². The predicted octanol–water partition coefficient (Wildman–Crippen LogP) is 3.48. The zero-order chi connectivity index (χ0) is 19.2. The SMILES string of the molecule is Cc1cccc([C@@H](C(=O)NCCc2csc(-c3ccncc3)n2)N(C)C)c1. The monoisotopic (exact) mass is 380 g/mol. The van der Waals surface area contributed by atoms with Gasteiger partial charge in [-0.3, -0.25) is 14.7 Å². The molecule has 27 heavy (non-hydrogen) atoms. The van der Waals surface area contributed by atoms with Crippen LogP contribution in [0.5, 0.6) is 0 Å². The summed E-state index contributed by atoms with van der Waals surface area (Å²) in [5.41, 5.74) is 4.21. The van der Waals surface area contributed by atoms with Crippen molar-refractivity contribution in [3.63, 3.8) is 0 Å². The van der Waals surface area contributed by atoms with Gasteiger partial charge in [0.1, 0.15) is 11.0 Å². The van der Waals surface area contributed by atoms with Crippen LogP contribution in [0.4, 0.5) is 0 Å². The summed E-state index contributed by atoms with van der Waals surface area (Å²) in [5.74, 6) is 0.00943. The van der Waals surface area contributed by atoms with Gasteiger partial charge in [0.15, 0.2) is 0 Å². The predicted molar refractivity (Wildman–Crippen MR) is 110 cm³/mol. The van der Waals surface area contributed by atoms with Crippen molar-refractivity contribution in [3.8, 4) is 10.6 Å². The van der Waals surface area contributed by atoms with Gasteiger partial charge in [0.25, 0.3) is 0 Å². The highest BCUT2D eigenvalue weighted by molar-refractivity contribution is 7.13. The third kappa shape index (κ3) is 4.99. The van der Waals surface area contributed by atoms with Gasteiger partial charge in [0, 0.05) is 36.3 Å². The Balaban J connectivity index is 1.59. The molecule has 0 spiro atoms. The van der Waals surface area contributed by atoms with Crippen molar-refractivity contribution in [1.82, 2.24) is 20.2 Å². The first-order valence-corrected chi connectivity index (χ1v) is 9.78. The quantitative estimate of drug-likeness (QED) is 0.682. The molecule has 140 valence electrons. The first kappa shape index (κ1) is 19.2. The number of aryl methyl sites for hydroxylation is 1. The Kier molecular flexibility index (Phi) is 6.32. The van der Waals surface area contributed by atoms with Crippen LogP contribution in [0.15, 0.2) is 54.2 Å². The molecule has 0 aliphatic carbocycles. The number of amides is 1. The molecule has 0 fully saturated rings. The molecule has 2 heterocycles. The lowest BCUT2D eigenvalue weighted by molar-refractivity contribution is -0.125. The molecule has 0 unspecified atom stereocenters. The van der Waals surface area contributed by atoms with Crippen molar-refractivity contribution >= 4 is 17.2 Å². The number of hydrogen-bond donors (Lipinski definition) is 1. The highest BCUT2D eigenvalue weighted by Gasteiger charge is 2.22. The fraction of sp³-hybridized carbons (Fsp3) is 0.286. The van der Waals surface area contributed by atoms with Crippen LogP contribution in [0, 0.1) is 6.92 Å². The van der Waals surface area contributed by atoms with Gasteiger partial charge in [-0.1, -0.05) is 29.8 Å². The maximum atomic E-state index is 12.7. The van der Waals surface area contributed by atoms with Gasteiger partial charge in [0.2, 0.25) is 5.91 Å². The second-order valence-corrected chi connectivity index (χ2v) is 7.56. The van der Waals surface area contributed by atoms with E-state index in [1.54, 1.807) is 23.7 Å². The number of hydrogen-bond acceptors (Lipinski definition) is 5. The summed E-state index contributed by atoms with van der Waals surface area (Å²) in [5, 5.41) is 6.08. The van der Waals surface area contributed by atoms with Gasteiger partial charge < -0.3 is 5.32 Å². The largest absolute Gasteiger partial charge is 0.354 e. The van der Waals surface area contributed by atoms with E-state index >= 15 is 0 Å². The van der Waals surface area contributed by atoms with E-state index in [1.165, 1.54) is 0 Å². The van der Waals surface area contributed by atoms with Gasteiger partial charge >= 0.3 is 0 Å². The second kappa shape index (κ2) is 8.88. The Bertz CT molecular complexity index is 892. The number of aromatic nitrogens is 2. The Morgan fingerprint density at radius 1 is 1.22 bits per heavy atom. The summed E-state index contributed by atoms with van der Waals surface area (Å²) >= 11 is 1.61. The van der Waals surface area contributed by atoms with Gasteiger partial charge in [-0.05, 0) is 38.7 Å². The zero-order valence-electron chi connectivity index (χ0n) is 15.8. The van der Waals surface area contributed by atoms with Crippen LogP contribution < -0.4 is 5.32 Å². The molecule has 3 rings (SSSR count). The van der Waals surface area contributed by atoms with E-state index in [0.29, 0.717) is 13.0 Å². The minimum atomic E-state index is -0.298. The molecule has 1 N–H and O–H groups in total. The van der Waals surface area contributed by atoms with Crippen molar-refractivity contribution in [1.29, 1.82) is 0 Å². The molecule has 0 radical (unpaired) electrons. The highest BCUT2D eigenvalue weighted by Crippen LogP contribution is 2.23. The van der Waals surface area contributed by atoms with Gasteiger partial charge in [-0.15, -0.1) is 11.3 Å². The fourth-order valence-electron chi connectivity index (χ4n) is 2.98. The summed E-state index contributed by atoms with van der Waals surface area (Å²) in [6.45, 7) is 2.60. The van der Waals surface area contributed by atoms with Crippen molar-refractivity contribution in [2.45, 2.75) is 19.4 Å². The molecular formula is C21H24N4OS. The molecule has 0 saturated heterocycles. The molecule has 2 aromatic heterocycles. The van der Waals surface area contributed by atoms with Gasteiger partial charge in [-0.2, -0.15) is 0 Å². The fourth-order valence-corrected chi connectivity index (χ4v) is 3.84. The van der Waals surface area contributed by atoms with Crippen LogP contribution in [0.25, 0.3) is 10.6 Å². The number of pyridine rings is 1. The second-order valence-electron chi connectivity index (χ2n) is 6.70. The molecule has 6 heteroatoms. The molecule has 0 bridgehead atoms. The van der Waals surface area contributed by atoms with E-state index in [-0.39, 0.29) is 11.9 Å². The molecule has 0 aliphatic heterocycles. The molecule has 1 atom stereocenters. The third-order valence-corrected chi connectivity index (χ3v) is 5.22. The van der Waals surface area contributed by atoms with Crippen LogP contribution in [-0.2, 0) is 11.2 Å². The number of carbonyl (C=O) groups excluding carboxylic acids is 1. The topological polar surface area (TPSA) is 58.1 Å². The average molecular weight is 381 g/mol. The van der Waals surface area contributed by atoms with Crippen molar-refractivity contribution in [2.75, 3.05) is 20.6 Å². The summed E-state index contributed by atoms with van der Waals surface area (Å²) in [7, 11) is 3.85. The van der Waals surface area contributed by atoms with Gasteiger partial charge in [-0.25, -0.2) is 4.98 Å². The lowest BCUT2D eigenvalue weighted by atomic mass is 10.0. The van der Waals surface area contributed by atoms with Crippen LogP contribution in [0.1, 0.15) is 22.9 Å². The van der Waals surface area contributed by atoms with E-state index in [1.807, 2.05) is 61.6 Å². The number of thiazole rings is 1. The first-order chi connectivity index (χ1) is 13.0. The Labute approximate surface area is 164 Å². The van der Waals surface area contributed by atoms with Crippen LogP contribution in [0.2, 0.25) is 0 Å². The van der Waals surface area contributed by atoms with Gasteiger partial charge in [0.05, 0.1) is 5.69 Å². The smallest absolute Gasteiger partial charge is 0.241 e. The van der Waals surface area contributed by atoms with Crippen LogP contribution in [-0.4, -0.2) is 41.4 Å². The summed E-state index contributed by atoms with van der Waals surface area (Å²) in [6, 6.07) is 11.7. The lowest BCUT2D eigenvalue weighted by Gasteiger charge is -2.24. The van der Waals surface area contributed by atoms with E-state index in [0.717, 1.165) is 27.4 Å². The number of benzene rings is 1. The number of likely N-dealkylation sites (N-methyl/N-ethyl adjacent to an activating group) is 1. The Hall–Kier alpha value is -2.57. The maximum Gasteiger partial charge on any atom is 0.241 e. The van der Waals surface area contributed by atoms with Crippen molar-refractivity contribution in [3.05, 3.63) is 71.0 Å². The molecule has 5 nitrogen and oxygen atoms in total. The van der Waals surface area contributed by atoms with Crippen LogP contribution in [0.3, 0.4) is 0 Å². The maximum absolute atomic E-state index is 12.7. The molecule has 3 aromatic rings. The number of carbonyl (C=O) groups is 1. The third-order valence-electron chi connectivity index (χ3n) is 4.28. The Morgan fingerprint density at radius 2 is 2.00 bits per heavy atom. The number of nitrogens with zero attached hydrogens (tertiary/aromatic N) is 3.